The fourth-order valence-electron chi connectivity index (χ4n) is 0.790. The van der Waals surface area contributed by atoms with Gasteiger partial charge in [-0.15, -0.1) is 0 Å². The summed E-state index contributed by atoms with van der Waals surface area (Å²) in [7, 11) is 0. The van der Waals surface area contributed by atoms with Gasteiger partial charge in [-0.2, -0.15) is 0 Å². The van der Waals surface area contributed by atoms with Gasteiger partial charge >= 0.3 is 22.6 Å². The highest BCUT2D eigenvalue weighted by Crippen LogP contribution is 2.35. The zero-order valence-corrected chi connectivity index (χ0v) is 7.54. The van der Waals surface area contributed by atoms with Crippen molar-refractivity contribution in [3.8, 4) is 17.2 Å². The molecule has 6 heteroatoms. The maximum atomic E-state index is 10.9. The first-order chi connectivity index (χ1) is 6.06. The molecule has 0 saturated heterocycles. The van der Waals surface area contributed by atoms with E-state index in [1.165, 1.54) is 0 Å². The van der Waals surface area contributed by atoms with Gasteiger partial charge in [-0.05, 0) is 12.1 Å². The lowest BCUT2D eigenvalue weighted by Crippen LogP contribution is -2.01. The average Bonchev–Trinajstić information content (AvgIpc) is 2.12. The molecule has 0 atom stereocenters. The van der Waals surface area contributed by atoms with Gasteiger partial charge in [-0.1, -0.05) is 0 Å². The minimum Gasteiger partial charge on any atom is -0.625 e. The van der Waals surface area contributed by atoms with Gasteiger partial charge in [0.1, 0.15) is 0 Å². The Balaban J connectivity index is 3.20. The lowest BCUT2D eigenvalue weighted by molar-refractivity contribution is 0.0748. The van der Waals surface area contributed by atoms with E-state index in [9.17, 15) is 4.79 Å². The summed E-state index contributed by atoms with van der Waals surface area (Å²) < 4.78 is 4.26. The smallest absolute Gasteiger partial charge is 0.485 e. The normalized spacial score (nSPS) is 9.54. The monoisotopic (exact) mass is 196 g/mol. The van der Waals surface area contributed by atoms with Crippen molar-refractivity contribution in [3.05, 3.63) is 17.7 Å². The molecule has 1 aromatic rings. The summed E-state index contributed by atoms with van der Waals surface area (Å²) in [5, 5.41) is 26.9. The number of hydrogen-bond acceptors (Lipinski definition) is 5. The molecule has 0 heterocycles. The van der Waals surface area contributed by atoms with E-state index in [-0.39, 0.29) is 5.56 Å². The topological polar surface area (TPSA) is 87.0 Å². The van der Waals surface area contributed by atoms with Crippen molar-refractivity contribution in [2.45, 2.75) is 0 Å². The number of carbonyl (C=O) groups is 1. The lowest BCUT2D eigenvalue weighted by atomic mass is 10.2. The number of phenolic OH excluding ortho intramolecular Hbond substituents is 3. The molecule has 0 saturated carbocycles. The van der Waals surface area contributed by atoms with Crippen LogP contribution in [0.15, 0.2) is 12.1 Å². The van der Waals surface area contributed by atoms with Gasteiger partial charge < -0.3 is 19.1 Å². The first-order valence-electron chi connectivity index (χ1n) is 3.22. The molecule has 3 N–H and O–H groups in total. The number of hydrogen-bond donors (Lipinski definition) is 3. The van der Waals surface area contributed by atoms with Gasteiger partial charge in [0, 0.05) is 0 Å². The summed E-state index contributed by atoms with van der Waals surface area (Å²) in [5.41, 5.74) is -0.0530. The minimum absolute atomic E-state index is 0.0530. The first kappa shape index (κ1) is 9.71. The lowest BCUT2D eigenvalue weighted by Gasteiger charge is -2.04. The number of phenols is 3. The quantitative estimate of drug-likeness (QED) is 0.436. The van der Waals surface area contributed by atoms with Crippen LogP contribution in [-0.4, -0.2) is 37.9 Å². The Hall–Kier alpha value is -1.38. The number of rotatable bonds is 1. The summed E-state index contributed by atoms with van der Waals surface area (Å²) in [5.74, 6) is -2.56. The molecule has 5 nitrogen and oxygen atoms in total. The molecule has 0 aliphatic carbocycles. The van der Waals surface area contributed by atoms with Crippen LogP contribution in [0.5, 0.6) is 17.2 Å². The second-order valence-electron chi connectivity index (χ2n) is 2.27. The van der Waals surface area contributed by atoms with Gasteiger partial charge in [0.05, 0.1) is 5.56 Å². The first-order valence-corrected chi connectivity index (χ1v) is 3.69. The maximum Gasteiger partial charge on any atom is 0.485 e. The molecule has 0 spiro atoms. The Morgan fingerprint density at radius 1 is 1.23 bits per heavy atom. The molecule has 1 rings (SSSR count). The van der Waals surface area contributed by atoms with Crippen LogP contribution >= 0.6 is 0 Å². The summed E-state index contributed by atoms with van der Waals surface area (Å²) in [6.07, 6.45) is 0. The predicted octanol–water partition coefficient (Wildman–Crippen LogP) is 0.0437. The molecule has 0 aromatic heterocycles. The van der Waals surface area contributed by atoms with Crippen LogP contribution in [0.3, 0.4) is 0 Å². The van der Waals surface area contributed by atoms with Gasteiger partial charge in [-0.25, -0.2) is 4.79 Å². The van der Waals surface area contributed by atoms with Crippen molar-refractivity contribution in [1.82, 2.24) is 0 Å². The molecule has 66 valence electrons. The van der Waals surface area contributed by atoms with Crippen molar-refractivity contribution in [3.63, 3.8) is 0 Å². The molecule has 1 aromatic carbocycles. The number of carbonyl (C=O) groups excluding carboxylic acids is 1. The summed E-state index contributed by atoms with van der Waals surface area (Å²) in [6, 6.07) is 1.98. The Bertz CT molecular complexity index is 326. The van der Waals surface area contributed by atoms with Gasteiger partial charge in [0.25, 0.3) is 0 Å². The molecule has 0 amide bonds. The number of benzene rings is 1. The molecule has 0 aliphatic heterocycles. The van der Waals surface area contributed by atoms with Crippen molar-refractivity contribution in [2.24, 2.45) is 0 Å². The zero-order valence-electron chi connectivity index (χ0n) is 6.39. The van der Waals surface area contributed by atoms with E-state index in [2.05, 4.69) is 3.79 Å². The molecule has 0 unspecified atom stereocenters. The number of aromatic hydroxyl groups is 3. The van der Waals surface area contributed by atoms with E-state index < -0.39 is 23.2 Å². The fourth-order valence-corrected chi connectivity index (χ4v) is 0.926. The standard InChI is InChI=1S/C7H6O5.Al/c8-4-1-3(7(11)12)2-5(9)6(4)10;/h1-2,8-10H,(H,11,12);/q;+1/p-1. The minimum atomic E-state index is -0.740. The van der Waals surface area contributed by atoms with Crippen molar-refractivity contribution >= 4 is 22.6 Å². The van der Waals surface area contributed by atoms with Crippen LogP contribution in [0.25, 0.3) is 0 Å². The van der Waals surface area contributed by atoms with Crippen LogP contribution in [0, 0.1) is 0 Å². The van der Waals surface area contributed by atoms with E-state index in [0.717, 1.165) is 12.1 Å². The van der Waals surface area contributed by atoms with E-state index in [1.807, 2.05) is 0 Å². The molecule has 0 fully saturated rings. The highest BCUT2D eigenvalue weighted by Gasteiger charge is 2.12. The molecule has 0 aliphatic rings. The third-order valence-electron chi connectivity index (χ3n) is 1.41. The Morgan fingerprint density at radius 3 is 2.08 bits per heavy atom. The van der Waals surface area contributed by atoms with Crippen LogP contribution in [0.4, 0.5) is 0 Å². The predicted molar refractivity (Wildman–Crippen MR) is 42.6 cm³/mol. The van der Waals surface area contributed by atoms with Crippen molar-refractivity contribution in [1.29, 1.82) is 0 Å². The summed E-state index contributed by atoms with van der Waals surface area (Å²) in [6.45, 7) is 0. The van der Waals surface area contributed by atoms with Gasteiger partial charge in [0.2, 0.25) is 0 Å². The Kier molecular flexibility index (Phi) is 2.66. The largest absolute Gasteiger partial charge is 0.625 e. The maximum absolute atomic E-state index is 10.9. The zero-order chi connectivity index (χ0) is 10.0. The highest BCUT2D eigenvalue weighted by molar-refractivity contribution is 6.09. The molecule has 0 bridgehead atoms. The van der Waals surface area contributed by atoms with Crippen LogP contribution in [0.1, 0.15) is 10.4 Å². The second kappa shape index (κ2) is 3.56. The van der Waals surface area contributed by atoms with Crippen molar-refractivity contribution < 1.29 is 23.9 Å². The van der Waals surface area contributed by atoms with Crippen molar-refractivity contribution in [2.75, 3.05) is 0 Å². The Morgan fingerprint density at radius 2 is 1.69 bits per heavy atom. The summed E-state index contributed by atoms with van der Waals surface area (Å²) >= 11 is 1.74. The highest BCUT2D eigenvalue weighted by atomic mass is 27.1. The van der Waals surface area contributed by atoms with Crippen LogP contribution in [0.2, 0.25) is 0 Å². The van der Waals surface area contributed by atoms with E-state index >= 15 is 0 Å². The second-order valence-corrected chi connectivity index (χ2v) is 2.50. The van der Waals surface area contributed by atoms with Crippen LogP contribution < -0.4 is 0 Å². The van der Waals surface area contributed by atoms with Crippen LogP contribution in [-0.2, 0) is 3.79 Å². The molecular weight excluding hydrogens is 191 g/mol. The average molecular weight is 196 g/mol. The molecule has 2 radical (unpaired) electrons. The van der Waals surface area contributed by atoms with Gasteiger partial charge in [-0.3, -0.25) is 0 Å². The van der Waals surface area contributed by atoms with E-state index in [1.54, 1.807) is 16.6 Å². The van der Waals surface area contributed by atoms with E-state index in [4.69, 9.17) is 15.3 Å². The third-order valence-corrected chi connectivity index (χ3v) is 1.63. The fraction of sp³-hybridized carbons (Fsp3) is 0. The SMILES string of the molecule is O=C([O][Al])c1cc(O)c(O)c(O)c1. The van der Waals surface area contributed by atoms with E-state index in [0.29, 0.717) is 0 Å². The summed E-state index contributed by atoms with van der Waals surface area (Å²) in [4.78, 5) is 10.9. The molecule has 13 heavy (non-hydrogen) atoms. The molecular formula is C7H5AlO5. The van der Waals surface area contributed by atoms with Gasteiger partial charge in [0.15, 0.2) is 17.2 Å². The third kappa shape index (κ3) is 1.86. The Labute approximate surface area is 82.0 Å².